The lowest BCUT2D eigenvalue weighted by Crippen LogP contribution is -2.48. The molecule has 504 valence electrons. The molecule has 0 radical (unpaired) electrons. The minimum Gasteiger partial charge on any atom is -0.487 e. The molecule has 2 aliphatic rings. The molecular formula is C74H96N2O17. The van der Waals surface area contributed by atoms with Gasteiger partial charge >= 0.3 is 0 Å². The number of ether oxygens (including phenoxy) is 15. The van der Waals surface area contributed by atoms with Crippen molar-refractivity contribution in [2.45, 2.75) is 128 Å². The van der Waals surface area contributed by atoms with Gasteiger partial charge in [-0.2, -0.15) is 0 Å². The molecule has 0 saturated heterocycles. The summed E-state index contributed by atoms with van der Waals surface area (Å²) < 4.78 is 92.9. The first-order chi connectivity index (χ1) is 45.9. The van der Waals surface area contributed by atoms with Crippen LogP contribution in [0, 0.1) is 0 Å². The van der Waals surface area contributed by atoms with Crippen LogP contribution in [0.25, 0.3) is 0 Å². The molecule has 2 heterocycles. The normalized spacial score (nSPS) is 15.2. The molecule has 0 aromatic heterocycles. The molecule has 2 N–H and O–H groups in total. The number of benzene rings is 6. The molecule has 6 aromatic carbocycles. The second-order valence-corrected chi connectivity index (χ2v) is 22.6. The predicted molar refractivity (Wildman–Crippen MR) is 355 cm³/mol. The number of hydrogen-bond acceptors (Lipinski definition) is 17. The smallest absolute Gasteiger partial charge is 0.261 e. The van der Waals surface area contributed by atoms with Crippen molar-refractivity contribution in [2.24, 2.45) is 0 Å². The van der Waals surface area contributed by atoms with Crippen molar-refractivity contribution in [1.29, 1.82) is 0 Å². The fourth-order valence-corrected chi connectivity index (χ4v) is 10.3. The maximum Gasteiger partial charge on any atom is 0.261 e. The Balaban J connectivity index is 0.874. The van der Waals surface area contributed by atoms with E-state index < -0.39 is 24.3 Å². The first kappa shape index (κ1) is 70.6. The van der Waals surface area contributed by atoms with E-state index in [1.165, 1.54) is 12.8 Å². The van der Waals surface area contributed by atoms with Crippen molar-refractivity contribution >= 4 is 11.8 Å². The average molecular weight is 1290 g/mol. The number of rotatable bonds is 30. The summed E-state index contributed by atoms with van der Waals surface area (Å²) in [7, 11) is 0. The molecule has 8 rings (SSSR count). The van der Waals surface area contributed by atoms with Gasteiger partial charge < -0.3 is 81.7 Å². The lowest BCUT2D eigenvalue weighted by molar-refractivity contribution is -0.130. The van der Waals surface area contributed by atoms with Crippen molar-refractivity contribution in [3.8, 4) is 69.0 Å². The summed E-state index contributed by atoms with van der Waals surface area (Å²) in [4.78, 5) is 29.2. The topological polar surface area (TPSA) is 197 Å². The van der Waals surface area contributed by atoms with E-state index in [1.54, 1.807) is 12.1 Å². The van der Waals surface area contributed by atoms with Gasteiger partial charge in [-0.15, -0.1) is 0 Å². The van der Waals surface area contributed by atoms with E-state index in [1.807, 2.05) is 133 Å². The van der Waals surface area contributed by atoms with Crippen LogP contribution in [0.5, 0.6) is 69.0 Å². The van der Waals surface area contributed by atoms with E-state index in [2.05, 4.69) is 24.5 Å². The quantitative estimate of drug-likeness (QED) is 0.0404. The van der Waals surface area contributed by atoms with E-state index in [0.717, 1.165) is 64.2 Å². The van der Waals surface area contributed by atoms with Gasteiger partial charge in [-0.25, -0.2) is 0 Å². The van der Waals surface area contributed by atoms with Crippen LogP contribution < -0.4 is 67.5 Å². The highest BCUT2D eigenvalue weighted by Crippen LogP contribution is 2.34. The van der Waals surface area contributed by atoms with Gasteiger partial charge in [0.2, 0.25) is 0 Å². The average Bonchev–Trinajstić information content (AvgIpc) is 2.47. The summed E-state index contributed by atoms with van der Waals surface area (Å²) in [6.07, 6.45) is 11.7. The Morgan fingerprint density at radius 1 is 0.355 bits per heavy atom. The fourth-order valence-electron chi connectivity index (χ4n) is 10.3. The molecule has 0 fully saturated rings. The summed E-state index contributed by atoms with van der Waals surface area (Å²) >= 11 is 0. The highest BCUT2D eigenvalue weighted by Gasteiger charge is 2.28. The molecule has 0 saturated carbocycles. The third-order valence-corrected chi connectivity index (χ3v) is 15.2. The van der Waals surface area contributed by atoms with E-state index in [0.29, 0.717) is 135 Å². The minimum absolute atomic E-state index is 0.0753. The lowest BCUT2D eigenvalue weighted by Gasteiger charge is -2.25. The number of hydrogen-bond donors (Lipinski definition) is 2. The first-order valence-electron chi connectivity index (χ1n) is 33.4. The van der Waals surface area contributed by atoms with Gasteiger partial charge in [0, 0.05) is 0 Å². The third kappa shape index (κ3) is 25.6. The van der Waals surface area contributed by atoms with E-state index in [4.69, 9.17) is 71.1 Å². The van der Waals surface area contributed by atoms with Gasteiger partial charge in [0.1, 0.15) is 66.1 Å². The molecule has 2 unspecified atom stereocenters. The van der Waals surface area contributed by atoms with Crippen LogP contribution in [0.3, 0.4) is 0 Å². The zero-order valence-electron chi connectivity index (χ0n) is 54.3. The molecule has 19 heteroatoms. The first-order valence-corrected chi connectivity index (χ1v) is 33.4. The maximum atomic E-state index is 14.6. The van der Waals surface area contributed by atoms with Gasteiger partial charge in [0.05, 0.1) is 51.7 Å². The lowest BCUT2D eigenvalue weighted by atomic mass is 10.1. The number of amides is 2. The largest absolute Gasteiger partial charge is 0.487 e. The minimum atomic E-state index is -0.864. The van der Waals surface area contributed by atoms with E-state index in [-0.39, 0.29) is 64.7 Å². The number of para-hydroxylation sites is 12. The van der Waals surface area contributed by atoms with Crippen molar-refractivity contribution in [2.75, 3.05) is 106 Å². The van der Waals surface area contributed by atoms with Crippen LogP contribution in [-0.4, -0.2) is 142 Å². The van der Waals surface area contributed by atoms with Crippen molar-refractivity contribution in [1.82, 2.24) is 10.6 Å². The van der Waals surface area contributed by atoms with Crippen LogP contribution in [0.4, 0.5) is 0 Å². The SMILES string of the molecule is CCCCCCCCC(Oc1ccccc1OCCOCCOc1ccccc1OC(CCCCCCCC)C(=O)NC1COc2ccccc2OCCOCCOc2ccccc2OC1)C(=O)NC1COc2ccccc2OCCOCCOc2ccccc2OC1. The Labute approximate surface area is 549 Å². The van der Waals surface area contributed by atoms with Crippen LogP contribution in [0.1, 0.15) is 104 Å². The van der Waals surface area contributed by atoms with Gasteiger partial charge in [0.15, 0.2) is 81.2 Å². The Hall–Kier alpha value is -8.26. The molecule has 0 bridgehead atoms. The number of carbonyl (C=O) groups excluding carboxylic acids is 2. The molecule has 0 aliphatic carbocycles. The monoisotopic (exact) mass is 1280 g/mol. The van der Waals surface area contributed by atoms with Crippen molar-refractivity contribution in [3.05, 3.63) is 146 Å². The number of carbonyl (C=O) groups is 2. The number of nitrogens with one attached hydrogen (secondary N) is 2. The van der Waals surface area contributed by atoms with E-state index in [9.17, 15) is 9.59 Å². The highest BCUT2D eigenvalue weighted by molar-refractivity contribution is 5.82. The molecular weight excluding hydrogens is 1190 g/mol. The molecule has 0 spiro atoms. The van der Waals surface area contributed by atoms with Crippen LogP contribution in [-0.2, 0) is 23.8 Å². The zero-order chi connectivity index (χ0) is 64.6. The van der Waals surface area contributed by atoms with Crippen LogP contribution in [0.15, 0.2) is 146 Å². The number of unbranched alkanes of at least 4 members (excludes halogenated alkanes) is 10. The fraction of sp³-hybridized carbons (Fsp3) is 0.486. The summed E-state index contributed by atoms with van der Waals surface area (Å²) in [6.45, 7) is 8.27. The Morgan fingerprint density at radius 2 is 0.634 bits per heavy atom. The summed E-state index contributed by atoms with van der Waals surface area (Å²) in [5.41, 5.74) is 0. The summed E-state index contributed by atoms with van der Waals surface area (Å²) in [5, 5.41) is 6.41. The molecule has 2 atom stereocenters. The molecule has 2 amide bonds. The standard InChI is InChI=1S/C74H96N2O17/c1-3-5-7-9-11-13-39-71(73(77)75-57-53-88-63-31-19-15-27-59(63)82-47-41-79-42-48-83-60-28-16-20-32-64(60)89-54-57)92-69-37-25-23-35-67(69)86-51-45-81-46-52-87-68-36-24-26-38-70(68)93-72(40-14-12-10-8-6-4-2)74(78)76-58-55-90-65-33-21-17-29-61(65)84-49-43-80-44-50-85-62-30-18-22-34-66(62)91-56-58/h15-38,57-58,71-72H,3-14,39-56H2,1-2H3,(H,75,77)(H,76,78). The van der Waals surface area contributed by atoms with Gasteiger partial charge in [-0.1, -0.05) is 151 Å². The second-order valence-electron chi connectivity index (χ2n) is 22.6. The maximum absolute atomic E-state index is 14.6. The zero-order valence-corrected chi connectivity index (χ0v) is 54.3. The van der Waals surface area contributed by atoms with Gasteiger partial charge in [0.25, 0.3) is 11.8 Å². The second kappa shape index (κ2) is 42.1. The van der Waals surface area contributed by atoms with Crippen LogP contribution in [0.2, 0.25) is 0 Å². The molecule has 6 aromatic rings. The highest BCUT2D eigenvalue weighted by atomic mass is 16.6. The van der Waals surface area contributed by atoms with Crippen molar-refractivity contribution in [3.63, 3.8) is 0 Å². The number of fused-ring (bicyclic) bond motifs is 4. The summed E-state index contributed by atoms with van der Waals surface area (Å²) in [6, 6.07) is 43.2. The van der Waals surface area contributed by atoms with E-state index >= 15 is 0 Å². The molecule has 19 nitrogen and oxygen atoms in total. The van der Waals surface area contributed by atoms with Gasteiger partial charge in [-0.05, 0) is 98.5 Å². The third-order valence-electron chi connectivity index (χ3n) is 15.2. The predicted octanol–water partition coefficient (Wildman–Crippen LogP) is 13.0. The molecule has 93 heavy (non-hydrogen) atoms. The molecule has 2 aliphatic heterocycles. The van der Waals surface area contributed by atoms with Crippen LogP contribution >= 0.6 is 0 Å². The Kier molecular flexibility index (Phi) is 31.9. The van der Waals surface area contributed by atoms with Gasteiger partial charge in [-0.3, -0.25) is 9.59 Å². The Morgan fingerprint density at radius 3 is 0.957 bits per heavy atom. The van der Waals surface area contributed by atoms with Crippen molar-refractivity contribution < 1.29 is 80.6 Å². The Bertz CT molecular complexity index is 2750. The summed E-state index contributed by atoms with van der Waals surface area (Å²) in [5.74, 6) is 5.54.